The number of nitrogens with zero attached hydrogens (tertiary/aromatic N) is 3. The molecule has 2 rings (SSSR count). The highest BCUT2D eigenvalue weighted by molar-refractivity contribution is 5.94. The van der Waals surface area contributed by atoms with Crippen LogP contribution in [-0.2, 0) is 7.05 Å². The molecule has 0 aliphatic heterocycles. The van der Waals surface area contributed by atoms with Gasteiger partial charge in [0, 0.05) is 18.8 Å². The smallest absolute Gasteiger partial charge is 0.206 e. The van der Waals surface area contributed by atoms with Crippen LogP contribution in [0.3, 0.4) is 0 Å². The van der Waals surface area contributed by atoms with Crippen LogP contribution in [0.5, 0.6) is 0 Å². The molecule has 1 aromatic heterocycles. The quantitative estimate of drug-likeness (QED) is 0.356. The van der Waals surface area contributed by atoms with E-state index in [0.717, 1.165) is 0 Å². The molecule has 17 heavy (non-hydrogen) atoms. The number of halogens is 1. The standard InChI is InChI=1S/C11H11FN4O/c1-16-6-9(14-11(16)10(13)15-17)7-3-2-4-8(12)5-7/h2-6,17H,1H3,(H2,13,15). The summed E-state index contributed by atoms with van der Waals surface area (Å²) in [6.07, 6.45) is 1.68. The molecule has 0 unspecified atom stereocenters. The van der Waals surface area contributed by atoms with E-state index in [1.807, 2.05) is 0 Å². The Bertz CT molecular complexity index is 577. The summed E-state index contributed by atoms with van der Waals surface area (Å²) in [5.74, 6) is -0.0968. The number of nitrogens with two attached hydrogens (primary N) is 1. The molecule has 1 aromatic carbocycles. The Kier molecular flexibility index (Phi) is 2.78. The molecule has 3 N–H and O–H groups in total. The van der Waals surface area contributed by atoms with Crippen molar-refractivity contribution in [1.29, 1.82) is 0 Å². The van der Waals surface area contributed by atoms with Crippen LogP contribution in [0.4, 0.5) is 4.39 Å². The number of aromatic nitrogens is 2. The Balaban J connectivity index is 2.48. The number of rotatable bonds is 2. The summed E-state index contributed by atoms with van der Waals surface area (Å²) in [4.78, 5) is 4.17. The Morgan fingerprint density at radius 1 is 1.53 bits per heavy atom. The van der Waals surface area contributed by atoms with E-state index in [-0.39, 0.29) is 11.7 Å². The van der Waals surface area contributed by atoms with Crippen molar-refractivity contribution in [2.45, 2.75) is 0 Å². The van der Waals surface area contributed by atoms with Crippen molar-refractivity contribution in [3.63, 3.8) is 0 Å². The second-order valence-corrected chi connectivity index (χ2v) is 3.56. The van der Waals surface area contributed by atoms with Gasteiger partial charge in [0.05, 0.1) is 5.69 Å². The summed E-state index contributed by atoms with van der Waals surface area (Å²) in [6, 6.07) is 6.07. The first-order valence-corrected chi connectivity index (χ1v) is 4.89. The molecule has 0 aliphatic rings. The van der Waals surface area contributed by atoms with Gasteiger partial charge in [-0.1, -0.05) is 17.3 Å². The normalized spacial score (nSPS) is 11.8. The Morgan fingerprint density at radius 2 is 2.29 bits per heavy atom. The number of hydrogen-bond acceptors (Lipinski definition) is 3. The summed E-state index contributed by atoms with van der Waals surface area (Å²) in [5, 5.41) is 11.5. The predicted molar refractivity (Wildman–Crippen MR) is 61.1 cm³/mol. The third kappa shape index (κ3) is 2.10. The Hall–Kier alpha value is -2.37. The lowest BCUT2D eigenvalue weighted by atomic mass is 10.2. The average Bonchev–Trinajstić information content (AvgIpc) is 2.70. The van der Waals surface area contributed by atoms with Crippen LogP contribution in [0.25, 0.3) is 11.3 Å². The van der Waals surface area contributed by atoms with E-state index in [1.165, 1.54) is 12.1 Å². The lowest BCUT2D eigenvalue weighted by Crippen LogP contribution is -2.18. The van der Waals surface area contributed by atoms with Gasteiger partial charge in [-0.05, 0) is 12.1 Å². The van der Waals surface area contributed by atoms with Gasteiger partial charge in [-0.3, -0.25) is 0 Å². The minimum Gasteiger partial charge on any atom is -0.409 e. The van der Waals surface area contributed by atoms with E-state index >= 15 is 0 Å². The molecule has 0 atom stereocenters. The van der Waals surface area contributed by atoms with Crippen LogP contribution in [0.1, 0.15) is 5.82 Å². The first-order valence-electron chi connectivity index (χ1n) is 4.89. The average molecular weight is 234 g/mol. The highest BCUT2D eigenvalue weighted by atomic mass is 19.1. The largest absolute Gasteiger partial charge is 0.409 e. The fourth-order valence-electron chi connectivity index (χ4n) is 1.54. The maximum absolute atomic E-state index is 13.1. The zero-order valence-corrected chi connectivity index (χ0v) is 9.13. The maximum Gasteiger partial charge on any atom is 0.206 e. The number of hydrogen-bond donors (Lipinski definition) is 2. The Morgan fingerprint density at radius 3 is 2.94 bits per heavy atom. The molecule has 0 bridgehead atoms. The molecule has 0 radical (unpaired) electrons. The SMILES string of the molecule is Cn1cc(-c2cccc(F)c2)nc1/C(N)=N/O. The summed E-state index contributed by atoms with van der Waals surface area (Å²) < 4.78 is 14.7. The predicted octanol–water partition coefficient (Wildman–Crippen LogP) is 1.32. The Labute approximate surface area is 97.0 Å². The van der Waals surface area contributed by atoms with Crippen LogP contribution in [0, 0.1) is 5.82 Å². The minimum atomic E-state index is -0.335. The molecule has 88 valence electrons. The van der Waals surface area contributed by atoms with Crippen LogP contribution >= 0.6 is 0 Å². The molecule has 5 nitrogen and oxygen atoms in total. The molecule has 1 heterocycles. The zero-order valence-electron chi connectivity index (χ0n) is 9.13. The van der Waals surface area contributed by atoms with E-state index in [9.17, 15) is 4.39 Å². The summed E-state index contributed by atoms with van der Waals surface area (Å²) >= 11 is 0. The second kappa shape index (κ2) is 4.25. The van der Waals surface area contributed by atoms with Crippen molar-refractivity contribution < 1.29 is 9.60 Å². The lowest BCUT2D eigenvalue weighted by molar-refractivity contribution is 0.318. The number of amidine groups is 1. The van der Waals surface area contributed by atoms with Crippen LogP contribution < -0.4 is 5.73 Å². The third-order valence-electron chi connectivity index (χ3n) is 2.33. The van der Waals surface area contributed by atoms with Gasteiger partial charge < -0.3 is 15.5 Å². The van der Waals surface area contributed by atoms with E-state index in [1.54, 1.807) is 29.9 Å². The molecule has 6 heteroatoms. The molecule has 0 aliphatic carbocycles. The monoisotopic (exact) mass is 234 g/mol. The van der Waals surface area contributed by atoms with Crippen molar-refractivity contribution in [3.8, 4) is 11.3 Å². The second-order valence-electron chi connectivity index (χ2n) is 3.56. The van der Waals surface area contributed by atoms with Crippen molar-refractivity contribution in [2.24, 2.45) is 17.9 Å². The number of oxime groups is 1. The third-order valence-corrected chi connectivity index (χ3v) is 2.33. The van der Waals surface area contributed by atoms with Gasteiger partial charge in [0.2, 0.25) is 5.84 Å². The fourth-order valence-corrected chi connectivity index (χ4v) is 1.54. The van der Waals surface area contributed by atoms with Crippen molar-refractivity contribution in [1.82, 2.24) is 9.55 Å². The van der Waals surface area contributed by atoms with Gasteiger partial charge in [0.15, 0.2) is 5.82 Å². The number of aryl methyl sites for hydroxylation is 1. The molecule has 0 saturated carbocycles. The van der Waals surface area contributed by atoms with E-state index < -0.39 is 0 Å². The topological polar surface area (TPSA) is 76.4 Å². The van der Waals surface area contributed by atoms with Gasteiger partial charge in [-0.25, -0.2) is 9.37 Å². The first-order chi connectivity index (χ1) is 8.11. The molecule has 0 amide bonds. The van der Waals surface area contributed by atoms with Crippen LogP contribution in [0.15, 0.2) is 35.6 Å². The minimum absolute atomic E-state index is 0.0878. The molecular formula is C11H11FN4O. The van der Waals surface area contributed by atoms with Crippen molar-refractivity contribution in [2.75, 3.05) is 0 Å². The van der Waals surface area contributed by atoms with Crippen LogP contribution in [0.2, 0.25) is 0 Å². The van der Waals surface area contributed by atoms with E-state index in [2.05, 4.69) is 10.1 Å². The molecule has 0 spiro atoms. The van der Waals surface area contributed by atoms with Gasteiger partial charge >= 0.3 is 0 Å². The first kappa shape index (κ1) is 11.1. The summed E-state index contributed by atoms with van der Waals surface area (Å²) in [5.41, 5.74) is 6.66. The summed E-state index contributed by atoms with van der Waals surface area (Å²) in [7, 11) is 1.71. The molecular weight excluding hydrogens is 223 g/mol. The van der Waals surface area contributed by atoms with E-state index in [4.69, 9.17) is 10.9 Å². The van der Waals surface area contributed by atoms with Gasteiger partial charge in [-0.15, -0.1) is 0 Å². The van der Waals surface area contributed by atoms with Gasteiger partial charge in [0.1, 0.15) is 5.82 Å². The molecule has 0 saturated heterocycles. The van der Waals surface area contributed by atoms with Gasteiger partial charge in [0.25, 0.3) is 0 Å². The van der Waals surface area contributed by atoms with Crippen molar-refractivity contribution >= 4 is 5.84 Å². The lowest BCUT2D eigenvalue weighted by Gasteiger charge is -1.96. The van der Waals surface area contributed by atoms with E-state index in [0.29, 0.717) is 17.1 Å². The number of imidazole rings is 1. The van der Waals surface area contributed by atoms with Gasteiger partial charge in [-0.2, -0.15) is 0 Å². The highest BCUT2D eigenvalue weighted by Crippen LogP contribution is 2.18. The molecule has 2 aromatic rings. The summed E-state index contributed by atoms with van der Waals surface area (Å²) in [6.45, 7) is 0. The van der Waals surface area contributed by atoms with Crippen LogP contribution in [-0.4, -0.2) is 20.6 Å². The molecule has 0 fully saturated rings. The maximum atomic E-state index is 13.1. The van der Waals surface area contributed by atoms with Crippen molar-refractivity contribution in [3.05, 3.63) is 42.1 Å². The zero-order chi connectivity index (χ0) is 12.4. The number of benzene rings is 1. The highest BCUT2D eigenvalue weighted by Gasteiger charge is 2.11. The fraction of sp³-hybridized carbons (Fsp3) is 0.0909.